The maximum absolute atomic E-state index is 11.9. The number of rotatable bonds is 5. The van der Waals surface area contributed by atoms with Gasteiger partial charge in [-0.1, -0.05) is 28.8 Å². The van der Waals surface area contributed by atoms with Crippen LogP contribution in [0.5, 0.6) is 0 Å². The van der Waals surface area contributed by atoms with E-state index < -0.39 is 0 Å². The molecule has 2 rings (SSSR count). The van der Waals surface area contributed by atoms with Gasteiger partial charge < -0.3 is 10.2 Å². The fourth-order valence-corrected chi connectivity index (χ4v) is 2.40. The molecule has 2 aromatic rings. The smallest absolute Gasteiger partial charge is 0.265 e. The molecule has 0 spiro atoms. The second-order valence-electron chi connectivity index (χ2n) is 4.92. The molecule has 5 nitrogen and oxygen atoms in total. The Morgan fingerprint density at radius 1 is 1.25 bits per heavy atom. The Bertz CT molecular complexity index is 577. The van der Waals surface area contributed by atoms with Crippen molar-refractivity contribution in [1.29, 1.82) is 0 Å². The van der Waals surface area contributed by atoms with E-state index in [-0.39, 0.29) is 5.91 Å². The topological polar surface area (TPSA) is 58.1 Å². The number of nitrogens with one attached hydrogen (secondary N) is 1. The zero-order valence-electron chi connectivity index (χ0n) is 11.9. The number of nitrogens with zero attached hydrogens (tertiary/aromatic N) is 3. The molecule has 0 atom stereocenters. The fourth-order valence-electron chi connectivity index (χ4n) is 1.83. The van der Waals surface area contributed by atoms with Crippen molar-refractivity contribution < 1.29 is 4.79 Å². The lowest BCUT2D eigenvalue weighted by Gasteiger charge is -2.10. The number of aryl methyl sites for hydroxylation is 1. The number of carbonyl (C=O) groups excluding carboxylic acids is 1. The summed E-state index contributed by atoms with van der Waals surface area (Å²) < 4.78 is 3.76. The molecule has 0 saturated carbocycles. The van der Waals surface area contributed by atoms with E-state index in [4.69, 9.17) is 0 Å². The van der Waals surface area contributed by atoms with Crippen LogP contribution in [0.1, 0.15) is 26.5 Å². The average molecular weight is 290 g/mol. The molecule has 0 saturated heterocycles. The molecule has 1 N–H and O–H groups in total. The highest BCUT2D eigenvalue weighted by atomic mass is 32.1. The van der Waals surface area contributed by atoms with Crippen molar-refractivity contribution in [2.24, 2.45) is 0 Å². The van der Waals surface area contributed by atoms with E-state index in [1.807, 2.05) is 26.2 Å². The van der Waals surface area contributed by atoms with Crippen LogP contribution >= 0.6 is 11.5 Å². The van der Waals surface area contributed by atoms with E-state index in [9.17, 15) is 4.79 Å². The van der Waals surface area contributed by atoms with Gasteiger partial charge in [-0.2, -0.15) is 0 Å². The molecule has 0 radical (unpaired) electrons. The van der Waals surface area contributed by atoms with Gasteiger partial charge >= 0.3 is 0 Å². The van der Waals surface area contributed by atoms with E-state index in [0.29, 0.717) is 17.1 Å². The van der Waals surface area contributed by atoms with Crippen LogP contribution in [0.3, 0.4) is 0 Å². The molecule has 0 fully saturated rings. The zero-order valence-corrected chi connectivity index (χ0v) is 12.7. The highest BCUT2D eigenvalue weighted by Gasteiger charge is 2.12. The van der Waals surface area contributed by atoms with Crippen molar-refractivity contribution in [2.75, 3.05) is 14.1 Å². The van der Waals surface area contributed by atoms with E-state index in [1.54, 1.807) is 6.92 Å². The van der Waals surface area contributed by atoms with Crippen molar-refractivity contribution in [1.82, 2.24) is 19.8 Å². The Hall–Kier alpha value is -1.79. The van der Waals surface area contributed by atoms with Gasteiger partial charge in [0.15, 0.2) is 0 Å². The average Bonchev–Trinajstić information content (AvgIpc) is 2.83. The number of aromatic nitrogens is 2. The summed E-state index contributed by atoms with van der Waals surface area (Å²) in [6.07, 6.45) is 0. The molecule has 1 aromatic carbocycles. The summed E-state index contributed by atoms with van der Waals surface area (Å²) in [6.45, 7) is 3.21. The molecule has 1 amide bonds. The van der Waals surface area contributed by atoms with Gasteiger partial charge in [-0.25, -0.2) is 0 Å². The van der Waals surface area contributed by atoms with Gasteiger partial charge in [0.25, 0.3) is 5.91 Å². The number of hydrogen-bond donors (Lipinski definition) is 1. The van der Waals surface area contributed by atoms with Crippen LogP contribution in [0, 0.1) is 6.92 Å². The maximum atomic E-state index is 11.9. The normalized spacial score (nSPS) is 10.8. The summed E-state index contributed by atoms with van der Waals surface area (Å²) in [4.78, 5) is 14.6. The maximum Gasteiger partial charge on any atom is 0.265 e. The molecule has 0 aliphatic rings. The standard InChI is InChI=1S/C14H18N4OS/c1-10-13(20-17-16-10)14(19)15-8-11-4-6-12(7-5-11)9-18(2)3/h4-7H,8-9H2,1-3H3,(H,15,19). The van der Waals surface area contributed by atoms with Crippen molar-refractivity contribution in [3.63, 3.8) is 0 Å². The minimum atomic E-state index is -0.116. The highest BCUT2D eigenvalue weighted by Crippen LogP contribution is 2.10. The second kappa shape index (κ2) is 6.58. The second-order valence-corrected chi connectivity index (χ2v) is 5.68. The lowest BCUT2D eigenvalue weighted by atomic mass is 10.1. The molecular weight excluding hydrogens is 272 g/mol. The quantitative estimate of drug-likeness (QED) is 0.913. The first-order valence-corrected chi connectivity index (χ1v) is 7.13. The van der Waals surface area contributed by atoms with Crippen molar-refractivity contribution in [2.45, 2.75) is 20.0 Å². The van der Waals surface area contributed by atoms with Gasteiger partial charge in [0, 0.05) is 13.1 Å². The van der Waals surface area contributed by atoms with Crippen LogP contribution in [0.25, 0.3) is 0 Å². The van der Waals surface area contributed by atoms with Crippen LogP contribution in [0.2, 0.25) is 0 Å². The lowest BCUT2D eigenvalue weighted by molar-refractivity contribution is 0.0954. The number of carbonyl (C=O) groups is 1. The summed E-state index contributed by atoms with van der Waals surface area (Å²) in [7, 11) is 4.08. The molecule has 20 heavy (non-hydrogen) atoms. The Balaban J connectivity index is 1.91. The van der Waals surface area contributed by atoms with Gasteiger partial charge in [-0.15, -0.1) is 5.10 Å². The Morgan fingerprint density at radius 3 is 2.45 bits per heavy atom. The van der Waals surface area contributed by atoms with E-state index >= 15 is 0 Å². The van der Waals surface area contributed by atoms with Gasteiger partial charge in [0.1, 0.15) is 4.88 Å². The van der Waals surface area contributed by atoms with Gasteiger partial charge in [-0.3, -0.25) is 4.79 Å². The molecule has 0 aliphatic carbocycles. The molecule has 1 heterocycles. The number of amides is 1. The monoisotopic (exact) mass is 290 g/mol. The summed E-state index contributed by atoms with van der Waals surface area (Å²) in [6, 6.07) is 8.25. The molecule has 106 valence electrons. The van der Waals surface area contributed by atoms with Gasteiger partial charge in [-0.05, 0) is 43.7 Å². The minimum absolute atomic E-state index is 0.116. The first-order chi connectivity index (χ1) is 9.56. The minimum Gasteiger partial charge on any atom is -0.347 e. The molecule has 0 aliphatic heterocycles. The van der Waals surface area contributed by atoms with E-state index in [1.165, 1.54) is 5.56 Å². The van der Waals surface area contributed by atoms with Gasteiger partial charge in [0.05, 0.1) is 5.69 Å². The summed E-state index contributed by atoms with van der Waals surface area (Å²) in [5.74, 6) is -0.116. The fraction of sp³-hybridized carbons (Fsp3) is 0.357. The van der Waals surface area contributed by atoms with Crippen LogP contribution in [-0.4, -0.2) is 34.5 Å². The Morgan fingerprint density at radius 2 is 1.90 bits per heavy atom. The first kappa shape index (κ1) is 14.6. The van der Waals surface area contributed by atoms with Crippen molar-refractivity contribution in [3.05, 3.63) is 46.0 Å². The number of benzene rings is 1. The van der Waals surface area contributed by atoms with Crippen LogP contribution < -0.4 is 5.32 Å². The van der Waals surface area contributed by atoms with E-state index in [2.05, 4.69) is 31.9 Å². The predicted molar refractivity (Wildman–Crippen MR) is 79.6 cm³/mol. The van der Waals surface area contributed by atoms with E-state index in [0.717, 1.165) is 23.6 Å². The molecule has 1 aromatic heterocycles. The molecule has 6 heteroatoms. The van der Waals surface area contributed by atoms with Crippen molar-refractivity contribution >= 4 is 17.4 Å². The third-order valence-electron chi connectivity index (χ3n) is 2.83. The van der Waals surface area contributed by atoms with Crippen LogP contribution in [0.4, 0.5) is 0 Å². The zero-order chi connectivity index (χ0) is 14.5. The molecule has 0 unspecified atom stereocenters. The lowest BCUT2D eigenvalue weighted by Crippen LogP contribution is -2.22. The Kier molecular flexibility index (Phi) is 4.81. The highest BCUT2D eigenvalue weighted by molar-refractivity contribution is 7.07. The number of hydrogen-bond acceptors (Lipinski definition) is 5. The van der Waals surface area contributed by atoms with Crippen molar-refractivity contribution in [3.8, 4) is 0 Å². The van der Waals surface area contributed by atoms with Gasteiger partial charge in [0.2, 0.25) is 0 Å². The summed E-state index contributed by atoms with van der Waals surface area (Å²) in [5, 5.41) is 6.72. The summed E-state index contributed by atoms with van der Waals surface area (Å²) in [5.41, 5.74) is 3.01. The third-order valence-corrected chi connectivity index (χ3v) is 3.66. The van der Waals surface area contributed by atoms with Crippen LogP contribution in [0.15, 0.2) is 24.3 Å². The SMILES string of the molecule is Cc1nnsc1C(=O)NCc1ccc(CN(C)C)cc1. The first-order valence-electron chi connectivity index (χ1n) is 6.36. The summed E-state index contributed by atoms with van der Waals surface area (Å²) >= 11 is 1.12. The largest absolute Gasteiger partial charge is 0.347 e. The Labute approximate surface area is 122 Å². The molecular formula is C14H18N4OS. The molecule has 0 bridgehead atoms. The predicted octanol–water partition coefficient (Wildman–Crippen LogP) is 1.84. The third kappa shape index (κ3) is 3.85. The van der Waals surface area contributed by atoms with Crippen LogP contribution in [-0.2, 0) is 13.1 Å².